The number of hydrogen-bond acceptors (Lipinski definition) is 4. The van der Waals surface area contributed by atoms with Gasteiger partial charge in [-0.1, -0.05) is 0 Å². The molecule has 0 radical (unpaired) electrons. The molecule has 2 heterocycles. The molecule has 102 valence electrons. The highest BCUT2D eigenvalue weighted by molar-refractivity contribution is 5.93. The van der Waals surface area contributed by atoms with Gasteiger partial charge in [0.25, 0.3) is 0 Å². The molecule has 1 aliphatic heterocycles. The molecule has 1 fully saturated rings. The van der Waals surface area contributed by atoms with Gasteiger partial charge in [0.2, 0.25) is 11.8 Å². The number of pyridine rings is 1. The Balaban J connectivity index is 1.92. The Morgan fingerprint density at radius 3 is 2.68 bits per heavy atom. The van der Waals surface area contributed by atoms with Gasteiger partial charge in [-0.3, -0.25) is 9.59 Å². The van der Waals surface area contributed by atoms with Crippen LogP contribution in [0.25, 0.3) is 0 Å². The van der Waals surface area contributed by atoms with Gasteiger partial charge in [0, 0.05) is 32.1 Å². The standard InChI is InChI=1S/C13H17N3O3/c1-9(17)16-7-4-10(5-8-16)13(19)15-12-11(18)3-2-6-14-12/h2-3,6,10,18H,4-5,7-8H2,1H3,(H,14,15,19). The Hall–Kier alpha value is -2.11. The molecule has 1 aliphatic rings. The van der Waals surface area contributed by atoms with E-state index in [9.17, 15) is 14.7 Å². The molecule has 2 amide bonds. The number of aromatic nitrogens is 1. The van der Waals surface area contributed by atoms with Gasteiger partial charge < -0.3 is 15.3 Å². The van der Waals surface area contributed by atoms with E-state index in [-0.39, 0.29) is 29.3 Å². The van der Waals surface area contributed by atoms with Crippen molar-refractivity contribution in [1.82, 2.24) is 9.88 Å². The third-order valence-electron chi connectivity index (χ3n) is 3.34. The van der Waals surface area contributed by atoms with Crippen molar-refractivity contribution in [2.75, 3.05) is 18.4 Å². The molecular formula is C13H17N3O3. The van der Waals surface area contributed by atoms with Crippen LogP contribution in [0.4, 0.5) is 5.82 Å². The summed E-state index contributed by atoms with van der Waals surface area (Å²) in [6.07, 6.45) is 2.78. The summed E-state index contributed by atoms with van der Waals surface area (Å²) < 4.78 is 0. The van der Waals surface area contributed by atoms with E-state index < -0.39 is 0 Å². The van der Waals surface area contributed by atoms with Crippen molar-refractivity contribution in [3.63, 3.8) is 0 Å². The van der Waals surface area contributed by atoms with Crippen LogP contribution in [-0.4, -0.2) is 39.9 Å². The molecule has 6 nitrogen and oxygen atoms in total. The second-order valence-corrected chi connectivity index (χ2v) is 4.64. The van der Waals surface area contributed by atoms with Crippen LogP contribution in [0.2, 0.25) is 0 Å². The summed E-state index contributed by atoms with van der Waals surface area (Å²) >= 11 is 0. The van der Waals surface area contributed by atoms with Crippen LogP contribution in [-0.2, 0) is 9.59 Å². The predicted octanol–water partition coefficient (Wildman–Crippen LogP) is 0.984. The summed E-state index contributed by atoms with van der Waals surface area (Å²) in [4.78, 5) is 28.9. The third-order valence-corrected chi connectivity index (χ3v) is 3.34. The molecule has 0 bridgehead atoms. The number of amides is 2. The molecule has 2 rings (SSSR count). The highest BCUT2D eigenvalue weighted by Gasteiger charge is 2.26. The highest BCUT2D eigenvalue weighted by atomic mass is 16.3. The predicted molar refractivity (Wildman–Crippen MR) is 69.5 cm³/mol. The number of likely N-dealkylation sites (tertiary alicyclic amines) is 1. The van der Waals surface area contributed by atoms with Crippen LogP contribution in [0.15, 0.2) is 18.3 Å². The molecule has 2 N–H and O–H groups in total. The first-order valence-corrected chi connectivity index (χ1v) is 6.28. The van der Waals surface area contributed by atoms with E-state index in [2.05, 4.69) is 10.3 Å². The summed E-state index contributed by atoms with van der Waals surface area (Å²) in [5, 5.41) is 12.2. The molecule has 6 heteroatoms. The zero-order valence-corrected chi connectivity index (χ0v) is 10.8. The highest BCUT2D eigenvalue weighted by Crippen LogP contribution is 2.22. The lowest BCUT2D eigenvalue weighted by Gasteiger charge is -2.30. The molecule has 0 spiro atoms. The fraction of sp³-hybridized carbons (Fsp3) is 0.462. The monoisotopic (exact) mass is 263 g/mol. The lowest BCUT2D eigenvalue weighted by Crippen LogP contribution is -2.40. The van der Waals surface area contributed by atoms with Crippen molar-refractivity contribution in [1.29, 1.82) is 0 Å². The fourth-order valence-corrected chi connectivity index (χ4v) is 2.17. The summed E-state index contributed by atoms with van der Waals surface area (Å²) in [5.74, 6) is -0.117. The van der Waals surface area contributed by atoms with E-state index in [0.717, 1.165) is 0 Å². The second-order valence-electron chi connectivity index (χ2n) is 4.64. The van der Waals surface area contributed by atoms with Crippen molar-refractivity contribution in [3.8, 4) is 5.75 Å². The number of aromatic hydroxyl groups is 1. The molecule has 1 aromatic heterocycles. The number of anilines is 1. The van der Waals surface area contributed by atoms with Gasteiger partial charge in [-0.05, 0) is 25.0 Å². The SMILES string of the molecule is CC(=O)N1CCC(C(=O)Nc2ncccc2O)CC1. The van der Waals surface area contributed by atoms with Crippen molar-refractivity contribution in [3.05, 3.63) is 18.3 Å². The molecule has 19 heavy (non-hydrogen) atoms. The van der Waals surface area contributed by atoms with E-state index in [1.165, 1.54) is 19.2 Å². The van der Waals surface area contributed by atoms with E-state index in [1.54, 1.807) is 11.0 Å². The van der Waals surface area contributed by atoms with Crippen molar-refractivity contribution in [2.45, 2.75) is 19.8 Å². The Labute approximate surface area is 111 Å². The van der Waals surface area contributed by atoms with Gasteiger partial charge in [-0.15, -0.1) is 0 Å². The van der Waals surface area contributed by atoms with Crippen LogP contribution in [0.3, 0.4) is 0 Å². The van der Waals surface area contributed by atoms with Crippen LogP contribution < -0.4 is 5.32 Å². The minimum atomic E-state index is -0.155. The molecule has 0 aliphatic carbocycles. The van der Waals surface area contributed by atoms with Crippen LogP contribution in [0, 0.1) is 5.92 Å². The molecule has 0 unspecified atom stereocenters. The molecule has 1 aromatic rings. The summed E-state index contributed by atoms with van der Waals surface area (Å²) in [7, 11) is 0. The van der Waals surface area contributed by atoms with E-state index in [4.69, 9.17) is 0 Å². The maximum atomic E-state index is 12.0. The smallest absolute Gasteiger partial charge is 0.228 e. The first-order valence-electron chi connectivity index (χ1n) is 6.28. The first kappa shape index (κ1) is 13.3. The number of nitrogens with one attached hydrogen (secondary N) is 1. The maximum absolute atomic E-state index is 12.0. The van der Waals surface area contributed by atoms with Gasteiger partial charge in [-0.2, -0.15) is 0 Å². The van der Waals surface area contributed by atoms with Crippen LogP contribution >= 0.6 is 0 Å². The normalized spacial score (nSPS) is 16.2. The van der Waals surface area contributed by atoms with E-state index in [1.807, 2.05) is 0 Å². The topological polar surface area (TPSA) is 82.5 Å². The van der Waals surface area contributed by atoms with Gasteiger partial charge in [0.15, 0.2) is 11.6 Å². The average molecular weight is 263 g/mol. The summed E-state index contributed by atoms with van der Waals surface area (Å²) in [5.41, 5.74) is 0. The Kier molecular flexibility index (Phi) is 3.99. The molecule has 1 saturated heterocycles. The van der Waals surface area contributed by atoms with Crippen molar-refractivity contribution < 1.29 is 14.7 Å². The van der Waals surface area contributed by atoms with E-state index >= 15 is 0 Å². The van der Waals surface area contributed by atoms with Gasteiger partial charge in [0.1, 0.15) is 0 Å². The zero-order chi connectivity index (χ0) is 13.8. The van der Waals surface area contributed by atoms with Crippen molar-refractivity contribution >= 4 is 17.6 Å². The van der Waals surface area contributed by atoms with E-state index in [0.29, 0.717) is 25.9 Å². The first-order chi connectivity index (χ1) is 9.08. The number of piperidine rings is 1. The Morgan fingerprint density at radius 2 is 2.11 bits per heavy atom. The number of hydrogen-bond donors (Lipinski definition) is 2. The molecule has 0 atom stereocenters. The van der Waals surface area contributed by atoms with Gasteiger partial charge in [0.05, 0.1) is 0 Å². The summed E-state index contributed by atoms with van der Waals surface area (Å²) in [6.45, 7) is 2.73. The Morgan fingerprint density at radius 1 is 1.42 bits per heavy atom. The average Bonchev–Trinajstić information content (AvgIpc) is 2.41. The Bertz CT molecular complexity index is 482. The minimum absolute atomic E-state index is 0.0428. The minimum Gasteiger partial charge on any atom is -0.504 e. The zero-order valence-electron chi connectivity index (χ0n) is 10.8. The third kappa shape index (κ3) is 3.21. The fourth-order valence-electron chi connectivity index (χ4n) is 2.17. The quantitative estimate of drug-likeness (QED) is 0.833. The lowest BCUT2D eigenvalue weighted by atomic mass is 9.96. The van der Waals surface area contributed by atoms with Gasteiger partial charge in [-0.25, -0.2) is 4.98 Å². The van der Waals surface area contributed by atoms with Crippen molar-refractivity contribution in [2.24, 2.45) is 5.92 Å². The molecular weight excluding hydrogens is 246 g/mol. The maximum Gasteiger partial charge on any atom is 0.228 e. The lowest BCUT2D eigenvalue weighted by molar-refractivity contribution is -0.132. The number of carbonyl (C=O) groups is 2. The van der Waals surface area contributed by atoms with Gasteiger partial charge >= 0.3 is 0 Å². The largest absolute Gasteiger partial charge is 0.504 e. The molecule has 0 aromatic carbocycles. The van der Waals surface area contributed by atoms with Crippen LogP contribution in [0.1, 0.15) is 19.8 Å². The number of rotatable bonds is 2. The number of nitrogens with zero attached hydrogens (tertiary/aromatic N) is 2. The number of carbonyl (C=O) groups excluding carboxylic acids is 2. The van der Waals surface area contributed by atoms with Crippen LogP contribution in [0.5, 0.6) is 5.75 Å². The molecule has 0 saturated carbocycles. The second kappa shape index (κ2) is 5.69. The summed E-state index contributed by atoms with van der Waals surface area (Å²) in [6, 6.07) is 3.07.